The topological polar surface area (TPSA) is 56.3 Å². The number of Topliss-reactive ketones (excluding diaryl/α,β-unsaturated/α-hetero) is 1. The SMILES string of the molecule is O=C(OCc1ccccc1)C(=O)c1csc(-c2ccccc2)n1. The van der Waals surface area contributed by atoms with Gasteiger partial charge in [-0.2, -0.15) is 0 Å². The van der Waals surface area contributed by atoms with Gasteiger partial charge >= 0.3 is 5.97 Å². The number of hydrogen-bond donors (Lipinski definition) is 0. The number of carbonyl (C=O) groups excluding carboxylic acids is 2. The van der Waals surface area contributed by atoms with Crippen molar-refractivity contribution in [3.05, 3.63) is 77.3 Å². The molecule has 0 N–H and O–H groups in total. The summed E-state index contributed by atoms with van der Waals surface area (Å²) in [5, 5.41) is 2.28. The number of nitrogens with zero attached hydrogens (tertiary/aromatic N) is 1. The first-order valence-electron chi connectivity index (χ1n) is 7.00. The zero-order valence-electron chi connectivity index (χ0n) is 12.1. The molecule has 0 amide bonds. The molecular formula is C18H13NO3S. The highest BCUT2D eigenvalue weighted by Gasteiger charge is 2.21. The van der Waals surface area contributed by atoms with E-state index in [1.807, 2.05) is 60.7 Å². The molecule has 0 atom stereocenters. The summed E-state index contributed by atoms with van der Waals surface area (Å²) in [5.41, 5.74) is 1.86. The van der Waals surface area contributed by atoms with E-state index < -0.39 is 11.8 Å². The van der Waals surface area contributed by atoms with E-state index in [1.165, 1.54) is 11.3 Å². The molecule has 0 saturated heterocycles. The second kappa shape index (κ2) is 6.98. The molecule has 0 saturated carbocycles. The fraction of sp³-hybridized carbons (Fsp3) is 0.0556. The Morgan fingerprint density at radius 2 is 1.61 bits per heavy atom. The molecular weight excluding hydrogens is 310 g/mol. The van der Waals surface area contributed by atoms with Crippen LogP contribution in [0.25, 0.3) is 10.6 Å². The van der Waals surface area contributed by atoms with Gasteiger partial charge in [0.05, 0.1) is 0 Å². The van der Waals surface area contributed by atoms with E-state index in [9.17, 15) is 9.59 Å². The molecule has 3 rings (SSSR count). The van der Waals surface area contributed by atoms with E-state index in [-0.39, 0.29) is 12.3 Å². The molecule has 1 aromatic heterocycles. The molecule has 0 bridgehead atoms. The molecule has 4 nitrogen and oxygen atoms in total. The number of esters is 1. The third kappa shape index (κ3) is 3.70. The Bertz CT molecular complexity index is 813. The standard InChI is InChI=1S/C18H13NO3S/c20-16(18(21)22-11-13-7-3-1-4-8-13)15-12-23-17(19-15)14-9-5-2-6-10-14/h1-10,12H,11H2. The number of rotatable bonds is 5. The zero-order valence-corrected chi connectivity index (χ0v) is 13.0. The summed E-state index contributed by atoms with van der Waals surface area (Å²) in [5.74, 6) is -1.61. The number of carbonyl (C=O) groups is 2. The van der Waals surface area contributed by atoms with Gasteiger partial charge in [-0.15, -0.1) is 11.3 Å². The maximum Gasteiger partial charge on any atom is 0.381 e. The monoisotopic (exact) mass is 323 g/mol. The minimum absolute atomic E-state index is 0.0705. The molecule has 0 fully saturated rings. The highest BCUT2D eigenvalue weighted by Crippen LogP contribution is 2.23. The molecule has 114 valence electrons. The largest absolute Gasteiger partial charge is 0.455 e. The number of ketones is 1. The van der Waals surface area contributed by atoms with Gasteiger partial charge in [-0.25, -0.2) is 9.78 Å². The summed E-state index contributed by atoms with van der Waals surface area (Å²) in [4.78, 5) is 28.2. The van der Waals surface area contributed by atoms with E-state index in [4.69, 9.17) is 4.74 Å². The summed E-state index contributed by atoms with van der Waals surface area (Å²) in [6, 6.07) is 18.7. The van der Waals surface area contributed by atoms with Gasteiger partial charge in [0.25, 0.3) is 5.78 Å². The third-order valence-corrected chi connectivity index (χ3v) is 4.05. The lowest BCUT2D eigenvalue weighted by Crippen LogP contribution is -2.17. The number of aromatic nitrogens is 1. The number of ether oxygens (including phenoxy) is 1. The quantitative estimate of drug-likeness (QED) is 0.408. The Kier molecular flexibility index (Phi) is 4.59. The second-order valence-corrected chi connectivity index (χ2v) is 5.65. The Hall–Kier alpha value is -2.79. The molecule has 3 aromatic rings. The Morgan fingerprint density at radius 3 is 2.30 bits per heavy atom. The van der Waals surface area contributed by atoms with E-state index in [1.54, 1.807) is 5.38 Å². The van der Waals surface area contributed by atoms with Crippen molar-refractivity contribution < 1.29 is 14.3 Å². The lowest BCUT2D eigenvalue weighted by Gasteiger charge is -2.02. The van der Waals surface area contributed by atoms with Crippen LogP contribution in [0.4, 0.5) is 0 Å². The first-order chi connectivity index (χ1) is 11.2. The first-order valence-corrected chi connectivity index (χ1v) is 7.88. The molecule has 0 radical (unpaired) electrons. The Balaban J connectivity index is 1.66. The lowest BCUT2D eigenvalue weighted by molar-refractivity contribution is -0.139. The van der Waals surface area contributed by atoms with E-state index in [2.05, 4.69) is 4.98 Å². The van der Waals surface area contributed by atoms with Gasteiger partial charge in [0.15, 0.2) is 0 Å². The second-order valence-electron chi connectivity index (χ2n) is 4.79. The number of benzene rings is 2. The van der Waals surface area contributed by atoms with Gasteiger partial charge in [-0.1, -0.05) is 60.7 Å². The van der Waals surface area contributed by atoms with Crippen LogP contribution in [0.2, 0.25) is 0 Å². The molecule has 0 unspecified atom stereocenters. The van der Waals surface area contributed by atoms with Crippen LogP contribution in [0.3, 0.4) is 0 Å². The maximum atomic E-state index is 12.1. The summed E-state index contributed by atoms with van der Waals surface area (Å²) < 4.78 is 5.04. The van der Waals surface area contributed by atoms with Gasteiger partial charge in [-0.3, -0.25) is 4.79 Å². The highest BCUT2D eigenvalue weighted by molar-refractivity contribution is 7.13. The molecule has 1 heterocycles. The molecule has 0 spiro atoms. The zero-order chi connectivity index (χ0) is 16.1. The minimum atomic E-state index is -0.890. The summed E-state index contributed by atoms with van der Waals surface area (Å²) in [7, 11) is 0. The van der Waals surface area contributed by atoms with Crippen molar-refractivity contribution in [1.29, 1.82) is 0 Å². The molecule has 0 aliphatic heterocycles. The normalized spacial score (nSPS) is 10.3. The van der Waals surface area contributed by atoms with E-state index >= 15 is 0 Å². The molecule has 23 heavy (non-hydrogen) atoms. The van der Waals surface area contributed by atoms with E-state index in [0.717, 1.165) is 11.1 Å². The van der Waals surface area contributed by atoms with Crippen LogP contribution in [-0.4, -0.2) is 16.7 Å². The lowest BCUT2D eigenvalue weighted by atomic mass is 10.2. The number of hydrogen-bond acceptors (Lipinski definition) is 5. The predicted molar refractivity (Wildman–Crippen MR) is 88.1 cm³/mol. The molecule has 0 aliphatic rings. The van der Waals surface area contributed by atoms with Crippen molar-refractivity contribution in [1.82, 2.24) is 4.98 Å². The average Bonchev–Trinajstić information content (AvgIpc) is 3.11. The summed E-state index contributed by atoms with van der Waals surface area (Å²) >= 11 is 1.32. The van der Waals surface area contributed by atoms with Gasteiger partial charge < -0.3 is 4.74 Å². The smallest absolute Gasteiger partial charge is 0.381 e. The van der Waals surface area contributed by atoms with Crippen LogP contribution >= 0.6 is 11.3 Å². The van der Waals surface area contributed by atoms with Crippen LogP contribution in [0.1, 0.15) is 16.1 Å². The Morgan fingerprint density at radius 1 is 0.957 bits per heavy atom. The van der Waals surface area contributed by atoms with Gasteiger partial charge in [0, 0.05) is 10.9 Å². The fourth-order valence-electron chi connectivity index (χ4n) is 1.98. The number of thiazole rings is 1. The minimum Gasteiger partial charge on any atom is -0.455 e. The van der Waals surface area contributed by atoms with Gasteiger partial charge in [0.1, 0.15) is 17.3 Å². The van der Waals surface area contributed by atoms with Crippen molar-refractivity contribution in [2.45, 2.75) is 6.61 Å². The van der Waals surface area contributed by atoms with Crippen molar-refractivity contribution >= 4 is 23.1 Å². The van der Waals surface area contributed by atoms with Crippen molar-refractivity contribution in [2.75, 3.05) is 0 Å². The third-order valence-electron chi connectivity index (χ3n) is 3.16. The summed E-state index contributed by atoms with van der Waals surface area (Å²) in [6.45, 7) is 0.0705. The average molecular weight is 323 g/mol. The highest BCUT2D eigenvalue weighted by atomic mass is 32.1. The molecule has 0 aliphatic carbocycles. The molecule has 2 aromatic carbocycles. The van der Waals surface area contributed by atoms with E-state index in [0.29, 0.717) is 5.01 Å². The van der Waals surface area contributed by atoms with Crippen molar-refractivity contribution in [3.63, 3.8) is 0 Å². The Labute approximate surface area is 137 Å². The first kappa shape index (κ1) is 15.1. The van der Waals surface area contributed by atoms with Crippen LogP contribution in [-0.2, 0) is 16.1 Å². The van der Waals surface area contributed by atoms with Crippen molar-refractivity contribution in [2.24, 2.45) is 0 Å². The van der Waals surface area contributed by atoms with Gasteiger partial charge in [0.2, 0.25) is 0 Å². The van der Waals surface area contributed by atoms with Crippen LogP contribution in [0.15, 0.2) is 66.0 Å². The maximum absolute atomic E-state index is 12.1. The fourth-order valence-corrected chi connectivity index (χ4v) is 2.79. The molecule has 5 heteroatoms. The van der Waals surface area contributed by atoms with Crippen molar-refractivity contribution in [3.8, 4) is 10.6 Å². The van der Waals surface area contributed by atoms with Crippen LogP contribution in [0, 0.1) is 0 Å². The summed E-state index contributed by atoms with van der Waals surface area (Å²) in [6.07, 6.45) is 0. The predicted octanol–water partition coefficient (Wildman–Crippen LogP) is 3.74. The van der Waals surface area contributed by atoms with Gasteiger partial charge in [-0.05, 0) is 5.56 Å². The van der Waals surface area contributed by atoms with Crippen LogP contribution < -0.4 is 0 Å². The van der Waals surface area contributed by atoms with Crippen LogP contribution in [0.5, 0.6) is 0 Å².